The summed E-state index contributed by atoms with van der Waals surface area (Å²) in [4.78, 5) is 20.8. The van der Waals surface area contributed by atoms with Crippen LogP contribution in [-0.2, 0) is 19.3 Å². The van der Waals surface area contributed by atoms with Gasteiger partial charge in [0, 0.05) is 59.4 Å². The summed E-state index contributed by atoms with van der Waals surface area (Å²) in [7, 11) is 2.19. The first kappa shape index (κ1) is 24.1. The molecule has 0 atom stereocenters. The molecule has 188 valence electrons. The van der Waals surface area contributed by atoms with E-state index in [0.717, 1.165) is 83.4 Å². The number of nitrogens with zero attached hydrogens (tertiary/aromatic N) is 5. The van der Waals surface area contributed by atoms with E-state index in [-0.39, 0.29) is 0 Å². The number of hydrogen-bond donors (Lipinski definition) is 1. The number of hydrogen-bond acceptors (Lipinski definition) is 7. The molecule has 8 heteroatoms. The van der Waals surface area contributed by atoms with Gasteiger partial charge in [-0.3, -0.25) is 4.98 Å². The lowest BCUT2D eigenvalue weighted by atomic mass is 10.1. The van der Waals surface area contributed by atoms with Gasteiger partial charge in [0.15, 0.2) is 0 Å². The third-order valence-electron chi connectivity index (χ3n) is 7.07. The summed E-state index contributed by atoms with van der Waals surface area (Å²) in [5.41, 5.74) is 5.67. The monoisotopic (exact) mass is 528 g/mol. The first-order chi connectivity index (χ1) is 18.1. The second-order valence-electron chi connectivity index (χ2n) is 9.57. The van der Waals surface area contributed by atoms with E-state index in [1.165, 1.54) is 16.1 Å². The Hall–Kier alpha value is -3.26. The van der Waals surface area contributed by atoms with E-state index in [0.29, 0.717) is 0 Å². The molecule has 6 nitrogen and oxygen atoms in total. The van der Waals surface area contributed by atoms with E-state index < -0.39 is 0 Å². The molecule has 4 aromatic rings. The Morgan fingerprint density at radius 1 is 1.03 bits per heavy atom. The molecule has 1 aliphatic heterocycles. The Bertz CT molecular complexity index is 1470. The minimum Gasteiger partial charge on any atom is -0.369 e. The highest BCUT2D eigenvalue weighted by atomic mass is 35.5. The number of anilines is 2. The lowest BCUT2D eigenvalue weighted by Gasteiger charge is -2.34. The third-order valence-corrected chi connectivity index (χ3v) is 8.51. The second-order valence-corrected chi connectivity index (χ2v) is 11.0. The van der Waals surface area contributed by atoms with Gasteiger partial charge in [-0.25, -0.2) is 9.97 Å². The van der Waals surface area contributed by atoms with Crippen LogP contribution in [0.2, 0.25) is 5.02 Å². The van der Waals surface area contributed by atoms with E-state index >= 15 is 0 Å². The zero-order chi connectivity index (χ0) is 25.2. The summed E-state index contributed by atoms with van der Waals surface area (Å²) in [6.07, 6.45) is 12.9. The van der Waals surface area contributed by atoms with Gasteiger partial charge in [-0.05, 0) is 73.9 Å². The highest BCUT2D eigenvalue weighted by Crippen LogP contribution is 2.38. The molecule has 0 saturated carbocycles. The van der Waals surface area contributed by atoms with Crippen molar-refractivity contribution in [3.8, 4) is 0 Å². The summed E-state index contributed by atoms with van der Waals surface area (Å²) in [6.45, 7) is 4.29. The number of benzene rings is 1. The molecule has 6 rings (SSSR count). The van der Waals surface area contributed by atoms with Crippen molar-refractivity contribution in [2.45, 2.75) is 19.3 Å². The van der Waals surface area contributed by atoms with Gasteiger partial charge in [-0.15, -0.1) is 11.3 Å². The Labute approximate surface area is 226 Å². The maximum Gasteiger partial charge on any atom is 0.142 e. The Morgan fingerprint density at radius 2 is 1.92 bits per heavy atom. The SMILES string of the molecule is CN1CCN(C2=Cc3sc4ncnc(Nc5ccc(CCc6ccccn6)c(Cl)c5)c4c3CC=C2)CC1. The first-order valence-corrected chi connectivity index (χ1v) is 13.9. The van der Waals surface area contributed by atoms with E-state index in [2.05, 4.69) is 67.5 Å². The number of rotatable bonds is 6. The van der Waals surface area contributed by atoms with Crippen LogP contribution in [0.15, 0.2) is 66.8 Å². The number of piperazine rings is 1. The van der Waals surface area contributed by atoms with Gasteiger partial charge >= 0.3 is 0 Å². The van der Waals surface area contributed by atoms with Crippen LogP contribution in [0.5, 0.6) is 0 Å². The summed E-state index contributed by atoms with van der Waals surface area (Å²) in [6, 6.07) is 12.2. The number of fused-ring (bicyclic) bond motifs is 3. The van der Waals surface area contributed by atoms with Crippen LogP contribution in [-0.4, -0.2) is 58.0 Å². The van der Waals surface area contributed by atoms with Crippen LogP contribution in [0.1, 0.15) is 21.7 Å². The molecule has 37 heavy (non-hydrogen) atoms. The highest BCUT2D eigenvalue weighted by Gasteiger charge is 2.21. The van der Waals surface area contributed by atoms with Gasteiger partial charge in [-0.2, -0.15) is 0 Å². The van der Waals surface area contributed by atoms with Crippen molar-refractivity contribution in [1.29, 1.82) is 0 Å². The van der Waals surface area contributed by atoms with Gasteiger partial charge < -0.3 is 15.1 Å². The second kappa shape index (κ2) is 10.6. The standard InChI is InChI=1S/C29H29ClN6S/c1-35-13-15-36(16-14-35)23-6-4-7-24-26(18-23)37-29-27(24)28(32-19-33-29)34-22-11-9-20(25(30)17-22)8-10-21-5-2-3-12-31-21/h2-6,9,11-12,17-19H,7-8,10,13-16H2,1H3,(H,32,33,34). The number of pyridine rings is 1. The van der Waals surface area contributed by atoms with Crippen molar-refractivity contribution < 1.29 is 0 Å². The molecular formula is C29H29ClN6S. The molecule has 4 heterocycles. The lowest BCUT2D eigenvalue weighted by molar-refractivity contribution is 0.191. The van der Waals surface area contributed by atoms with Crippen LogP contribution in [0.3, 0.4) is 0 Å². The zero-order valence-electron chi connectivity index (χ0n) is 20.8. The topological polar surface area (TPSA) is 57.2 Å². The van der Waals surface area contributed by atoms with Crippen molar-refractivity contribution in [3.05, 3.63) is 93.5 Å². The molecule has 1 aromatic carbocycles. The number of nitrogens with one attached hydrogen (secondary N) is 1. The van der Waals surface area contributed by atoms with Crippen LogP contribution in [0.4, 0.5) is 11.5 Å². The number of likely N-dealkylation sites (N-methyl/N-ethyl adjacent to an activating group) is 1. The van der Waals surface area contributed by atoms with E-state index in [1.54, 1.807) is 17.7 Å². The highest BCUT2D eigenvalue weighted by molar-refractivity contribution is 7.19. The molecule has 3 aromatic heterocycles. The van der Waals surface area contributed by atoms with Crippen LogP contribution in [0.25, 0.3) is 16.3 Å². The fourth-order valence-corrected chi connectivity index (χ4v) is 6.33. The fraction of sp³-hybridized carbons (Fsp3) is 0.276. The molecule has 0 bridgehead atoms. The van der Waals surface area contributed by atoms with E-state index in [9.17, 15) is 0 Å². The Kier molecular flexibility index (Phi) is 6.91. The first-order valence-electron chi connectivity index (χ1n) is 12.7. The van der Waals surface area contributed by atoms with Crippen molar-refractivity contribution in [2.24, 2.45) is 0 Å². The van der Waals surface area contributed by atoms with Crippen molar-refractivity contribution >= 4 is 50.7 Å². The summed E-state index contributed by atoms with van der Waals surface area (Å²) < 4.78 is 0. The maximum atomic E-state index is 6.68. The number of aromatic nitrogens is 3. The lowest BCUT2D eigenvalue weighted by Crippen LogP contribution is -2.43. The average molecular weight is 529 g/mol. The third kappa shape index (κ3) is 5.25. The number of allylic oxidation sites excluding steroid dienone is 2. The van der Waals surface area contributed by atoms with Gasteiger partial charge in [-0.1, -0.05) is 29.8 Å². The molecule has 2 aliphatic rings. The number of thiophene rings is 1. The van der Waals surface area contributed by atoms with E-state index in [1.807, 2.05) is 30.5 Å². The normalized spacial score (nSPS) is 15.9. The Morgan fingerprint density at radius 3 is 2.73 bits per heavy atom. The van der Waals surface area contributed by atoms with Gasteiger partial charge in [0.2, 0.25) is 0 Å². The largest absolute Gasteiger partial charge is 0.369 e. The quantitative estimate of drug-likeness (QED) is 0.333. The molecule has 1 N–H and O–H groups in total. The van der Waals surface area contributed by atoms with E-state index in [4.69, 9.17) is 11.6 Å². The van der Waals surface area contributed by atoms with Crippen LogP contribution >= 0.6 is 22.9 Å². The smallest absolute Gasteiger partial charge is 0.142 e. The Balaban J connectivity index is 1.25. The van der Waals surface area contributed by atoms with Gasteiger partial charge in [0.25, 0.3) is 0 Å². The zero-order valence-corrected chi connectivity index (χ0v) is 22.4. The van der Waals surface area contributed by atoms with Crippen molar-refractivity contribution in [1.82, 2.24) is 24.8 Å². The van der Waals surface area contributed by atoms with Crippen molar-refractivity contribution in [3.63, 3.8) is 0 Å². The summed E-state index contributed by atoms with van der Waals surface area (Å²) in [5.74, 6) is 0.824. The predicted molar refractivity (Wildman–Crippen MR) is 154 cm³/mol. The molecule has 0 spiro atoms. The minimum absolute atomic E-state index is 0.748. The molecule has 0 amide bonds. The van der Waals surface area contributed by atoms with Gasteiger partial charge in [0.05, 0.1) is 5.39 Å². The molecule has 0 unspecified atom stereocenters. The van der Waals surface area contributed by atoms with Crippen LogP contribution < -0.4 is 5.32 Å². The molecular weight excluding hydrogens is 500 g/mol. The number of halogens is 1. The van der Waals surface area contributed by atoms with Crippen molar-refractivity contribution in [2.75, 3.05) is 38.5 Å². The van der Waals surface area contributed by atoms with Crippen LogP contribution in [0, 0.1) is 0 Å². The summed E-state index contributed by atoms with van der Waals surface area (Å²) >= 11 is 8.42. The molecule has 0 radical (unpaired) electrons. The maximum absolute atomic E-state index is 6.68. The predicted octanol–water partition coefficient (Wildman–Crippen LogP) is 5.97. The van der Waals surface area contributed by atoms with Gasteiger partial charge in [0.1, 0.15) is 17.0 Å². The molecule has 1 fully saturated rings. The molecule has 1 aliphatic carbocycles. The molecule has 1 saturated heterocycles. The summed E-state index contributed by atoms with van der Waals surface area (Å²) in [5, 5.41) is 5.37. The number of aryl methyl sites for hydroxylation is 2. The average Bonchev–Trinajstić information content (AvgIpc) is 3.13. The fourth-order valence-electron chi connectivity index (χ4n) is 4.94. The minimum atomic E-state index is 0.748.